The first-order valence-electron chi connectivity index (χ1n) is 6.47. The highest BCUT2D eigenvalue weighted by Gasteiger charge is 2.12. The average Bonchev–Trinajstić information content (AvgIpc) is 2.90. The van der Waals surface area contributed by atoms with E-state index in [1.165, 1.54) is 0 Å². The number of aromatic nitrogens is 1. The number of amidine groups is 2. The Morgan fingerprint density at radius 3 is 2.17 bits per heavy atom. The summed E-state index contributed by atoms with van der Waals surface area (Å²) in [6, 6.07) is 15.2. The molecule has 0 radical (unpaired) electrons. The van der Waals surface area contributed by atoms with Gasteiger partial charge in [0, 0.05) is 33.3 Å². The second kappa shape index (κ2) is 7.17. The first-order chi connectivity index (χ1) is 10.1. The van der Waals surface area contributed by atoms with Crippen LogP contribution in [-0.2, 0) is 0 Å². The van der Waals surface area contributed by atoms with Crippen molar-refractivity contribution in [1.29, 1.82) is 10.8 Å². The Morgan fingerprint density at radius 1 is 0.870 bits per heavy atom. The van der Waals surface area contributed by atoms with E-state index in [9.17, 15) is 0 Å². The Bertz CT molecular complexity index is 837. The van der Waals surface area contributed by atoms with Crippen molar-refractivity contribution in [3.05, 3.63) is 59.7 Å². The number of nitrogens with one attached hydrogen (secondary N) is 3. The molecule has 0 saturated carbocycles. The standard InChI is InChI=1S/C16H15N5.2ClH/c17-15(18)10-5-6-11(12(7-10)16(19)20)14-8-9-3-1-2-4-13(9)21-14;;/h1-8,21H,(H3,17,18)(H3,19,20);2*1H. The number of nitrogen functional groups attached to an aromatic ring is 2. The number of hydrogen-bond acceptors (Lipinski definition) is 2. The zero-order valence-corrected chi connectivity index (χ0v) is 13.7. The molecule has 0 aliphatic carbocycles. The quantitative estimate of drug-likeness (QED) is 0.368. The van der Waals surface area contributed by atoms with Gasteiger partial charge in [0.05, 0.1) is 0 Å². The normalized spacial score (nSPS) is 9.74. The molecular formula is C16H17Cl2N5. The molecular weight excluding hydrogens is 333 g/mol. The summed E-state index contributed by atoms with van der Waals surface area (Å²) in [7, 11) is 0. The first-order valence-corrected chi connectivity index (χ1v) is 6.47. The highest BCUT2D eigenvalue weighted by atomic mass is 35.5. The second-order valence-electron chi connectivity index (χ2n) is 4.86. The molecule has 0 bridgehead atoms. The van der Waals surface area contributed by atoms with E-state index < -0.39 is 0 Å². The summed E-state index contributed by atoms with van der Waals surface area (Å²) < 4.78 is 0. The fourth-order valence-electron chi connectivity index (χ4n) is 2.39. The number of nitrogens with two attached hydrogens (primary N) is 2. The highest BCUT2D eigenvalue weighted by molar-refractivity contribution is 6.05. The molecule has 1 aromatic heterocycles. The Balaban J connectivity index is 0.00000132. The van der Waals surface area contributed by atoms with E-state index in [2.05, 4.69) is 4.98 Å². The van der Waals surface area contributed by atoms with Gasteiger partial charge in [0.1, 0.15) is 11.7 Å². The molecule has 2 aromatic carbocycles. The molecule has 7 heteroatoms. The third-order valence-corrected chi connectivity index (χ3v) is 3.44. The Kier molecular flexibility index (Phi) is 5.79. The molecule has 7 N–H and O–H groups in total. The lowest BCUT2D eigenvalue weighted by Crippen LogP contribution is -2.16. The number of para-hydroxylation sites is 1. The summed E-state index contributed by atoms with van der Waals surface area (Å²) in [5, 5.41) is 16.3. The second-order valence-corrected chi connectivity index (χ2v) is 4.86. The van der Waals surface area contributed by atoms with E-state index in [1.54, 1.807) is 12.1 Å². The molecule has 0 fully saturated rings. The Labute approximate surface area is 145 Å². The van der Waals surface area contributed by atoms with Crippen LogP contribution >= 0.6 is 24.8 Å². The molecule has 0 saturated heterocycles. The van der Waals surface area contributed by atoms with Crippen molar-refractivity contribution >= 4 is 47.4 Å². The zero-order valence-electron chi connectivity index (χ0n) is 12.1. The van der Waals surface area contributed by atoms with Crippen molar-refractivity contribution in [2.75, 3.05) is 0 Å². The summed E-state index contributed by atoms with van der Waals surface area (Å²) in [5.74, 6) is -0.0903. The third kappa shape index (κ3) is 3.47. The van der Waals surface area contributed by atoms with Crippen molar-refractivity contribution in [2.45, 2.75) is 0 Å². The molecule has 0 atom stereocenters. The van der Waals surface area contributed by atoms with Gasteiger partial charge in [0.15, 0.2) is 0 Å². The zero-order chi connectivity index (χ0) is 15.0. The lowest BCUT2D eigenvalue weighted by Gasteiger charge is -2.09. The minimum absolute atomic E-state index is 0. The number of aromatic amines is 1. The van der Waals surface area contributed by atoms with Crippen LogP contribution in [0.25, 0.3) is 22.2 Å². The van der Waals surface area contributed by atoms with Gasteiger partial charge in [-0.1, -0.05) is 30.3 Å². The van der Waals surface area contributed by atoms with Crippen LogP contribution in [0.1, 0.15) is 11.1 Å². The summed E-state index contributed by atoms with van der Waals surface area (Å²) >= 11 is 0. The maximum atomic E-state index is 7.75. The minimum atomic E-state index is -0.0493. The highest BCUT2D eigenvalue weighted by Crippen LogP contribution is 2.27. The lowest BCUT2D eigenvalue weighted by molar-refractivity contribution is 1.37. The maximum Gasteiger partial charge on any atom is 0.123 e. The van der Waals surface area contributed by atoms with Gasteiger partial charge >= 0.3 is 0 Å². The van der Waals surface area contributed by atoms with E-state index in [4.69, 9.17) is 22.3 Å². The maximum absolute atomic E-state index is 7.75. The van der Waals surface area contributed by atoms with Gasteiger partial charge in [-0.2, -0.15) is 0 Å². The molecule has 3 rings (SSSR count). The van der Waals surface area contributed by atoms with Crippen LogP contribution in [0.2, 0.25) is 0 Å². The van der Waals surface area contributed by atoms with Gasteiger partial charge in [-0.05, 0) is 18.2 Å². The molecule has 0 aliphatic rings. The number of rotatable bonds is 3. The van der Waals surface area contributed by atoms with Crippen LogP contribution < -0.4 is 11.5 Å². The van der Waals surface area contributed by atoms with Gasteiger partial charge in [0.2, 0.25) is 0 Å². The Hall–Kier alpha value is -2.50. The predicted molar refractivity (Wildman–Crippen MR) is 100 cm³/mol. The molecule has 0 spiro atoms. The van der Waals surface area contributed by atoms with Crippen molar-refractivity contribution in [3.63, 3.8) is 0 Å². The Morgan fingerprint density at radius 2 is 1.57 bits per heavy atom. The molecule has 120 valence electrons. The van der Waals surface area contributed by atoms with Gasteiger partial charge in [0.25, 0.3) is 0 Å². The number of fused-ring (bicyclic) bond motifs is 1. The number of H-pyrrole nitrogens is 1. The van der Waals surface area contributed by atoms with E-state index in [-0.39, 0.29) is 36.5 Å². The van der Waals surface area contributed by atoms with E-state index >= 15 is 0 Å². The molecule has 0 amide bonds. The molecule has 0 aliphatic heterocycles. The first kappa shape index (κ1) is 18.5. The molecule has 5 nitrogen and oxygen atoms in total. The van der Waals surface area contributed by atoms with E-state index in [0.717, 1.165) is 22.2 Å². The van der Waals surface area contributed by atoms with Gasteiger partial charge in [-0.15, -0.1) is 24.8 Å². The van der Waals surface area contributed by atoms with Gasteiger partial charge < -0.3 is 16.5 Å². The number of halogens is 2. The largest absolute Gasteiger partial charge is 0.384 e. The van der Waals surface area contributed by atoms with Crippen molar-refractivity contribution < 1.29 is 0 Å². The van der Waals surface area contributed by atoms with Crippen molar-refractivity contribution in [2.24, 2.45) is 11.5 Å². The van der Waals surface area contributed by atoms with Crippen LogP contribution in [0.15, 0.2) is 48.5 Å². The van der Waals surface area contributed by atoms with Gasteiger partial charge in [-0.25, -0.2) is 0 Å². The van der Waals surface area contributed by atoms with E-state index in [1.807, 2.05) is 36.4 Å². The third-order valence-electron chi connectivity index (χ3n) is 3.44. The van der Waals surface area contributed by atoms with Crippen LogP contribution in [0.3, 0.4) is 0 Å². The fourth-order valence-corrected chi connectivity index (χ4v) is 2.39. The monoisotopic (exact) mass is 349 g/mol. The summed E-state index contributed by atoms with van der Waals surface area (Å²) in [6.07, 6.45) is 0. The minimum Gasteiger partial charge on any atom is -0.384 e. The predicted octanol–water partition coefficient (Wildman–Crippen LogP) is 3.25. The molecule has 3 aromatic rings. The van der Waals surface area contributed by atoms with Crippen LogP contribution in [0, 0.1) is 10.8 Å². The van der Waals surface area contributed by atoms with Crippen LogP contribution in [-0.4, -0.2) is 16.7 Å². The van der Waals surface area contributed by atoms with Crippen molar-refractivity contribution in [1.82, 2.24) is 4.98 Å². The van der Waals surface area contributed by atoms with Crippen molar-refractivity contribution in [3.8, 4) is 11.3 Å². The SMILES string of the molecule is Cl.Cl.N=C(N)c1ccc(-c2cc3ccccc3[nH]2)c(C(=N)N)c1. The lowest BCUT2D eigenvalue weighted by atomic mass is 10.00. The van der Waals surface area contributed by atoms with Crippen LogP contribution in [0.4, 0.5) is 0 Å². The summed E-state index contributed by atoms with van der Waals surface area (Å²) in [6.45, 7) is 0. The summed E-state index contributed by atoms with van der Waals surface area (Å²) in [4.78, 5) is 3.32. The van der Waals surface area contributed by atoms with Gasteiger partial charge in [-0.3, -0.25) is 10.8 Å². The topological polar surface area (TPSA) is 116 Å². The molecule has 0 unspecified atom stereocenters. The molecule has 1 heterocycles. The fraction of sp³-hybridized carbons (Fsp3) is 0. The van der Waals surface area contributed by atoms with Crippen LogP contribution in [0.5, 0.6) is 0 Å². The number of benzene rings is 2. The number of hydrogen-bond donors (Lipinski definition) is 5. The smallest absolute Gasteiger partial charge is 0.123 e. The van der Waals surface area contributed by atoms with E-state index in [0.29, 0.717) is 11.1 Å². The molecule has 23 heavy (non-hydrogen) atoms. The summed E-state index contributed by atoms with van der Waals surface area (Å²) in [5.41, 5.74) is 15.0. The average molecular weight is 350 g/mol.